The largest absolute Gasteiger partial charge is 0.451 e. The van der Waals surface area contributed by atoms with E-state index in [0.29, 0.717) is 0 Å². The lowest BCUT2D eigenvalue weighted by Crippen LogP contribution is -2.35. The molecule has 0 saturated carbocycles. The molecule has 1 rings (SSSR count). The fourth-order valence-electron chi connectivity index (χ4n) is 2.86. The average molecular weight is 359 g/mol. The van der Waals surface area contributed by atoms with Crippen molar-refractivity contribution in [2.24, 2.45) is 0 Å². The Balaban J connectivity index is 2.78. The highest BCUT2D eigenvalue weighted by atomic mass is 16.5. The topological polar surface area (TPSA) is 84.1 Å². The Morgan fingerprint density at radius 3 is 2.62 bits per heavy atom. The molecule has 0 spiro atoms. The second-order valence-electron chi connectivity index (χ2n) is 6.48. The highest BCUT2D eigenvalue weighted by Crippen LogP contribution is 2.19. The van der Waals surface area contributed by atoms with Crippen LogP contribution in [0, 0.1) is 25.2 Å². The van der Waals surface area contributed by atoms with E-state index in [0.717, 1.165) is 42.8 Å². The summed E-state index contributed by atoms with van der Waals surface area (Å²) in [5.74, 6) is -1.15. The Kier molecular flexibility index (Phi) is 8.63. The Labute approximate surface area is 155 Å². The summed E-state index contributed by atoms with van der Waals surface area (Å²) in [4.78, 5) is 23.9. The van der Waals surface area contributed by atoms with Crippen LogP contribution in [-0.4, -0.2) is 29.1 Å². The fraction of sp³-hybridized carbons (Fsp3) is 0.550. The number of carbonyl (C=O) groups is 2. The van der Waals surface area contributed by atoms with Crippen LogP contribution in [0.2, 0.25) is 0 Å². The van der Waals surface area contributed by atoms with Gasteiger partial charge in [-0.3, -0.25) is 4.79 Å². The van der Waals surface area contributed by atoms with Crippen molar-refractivity contribution < 1.29 is 14.3 Å². The molecule has 0 aliphatic carbocycles. The molecule has 1 unspecified atom stereocenters. The van der Waals surface area contributed by atoms with Crippen molar-refractivity contribution in [3.05, 3.63) is 28.6 Å². The Morgan fingerprint density at radius 2 is 2.04 bits per heavy atom. The zero-order valence-corrected chi connectivity index (χ0v) is 16.4. The van der Waals surface area contributed by atoms with Crippen molar-refractivity contribution in [1.29, 1.82) is 5.26 Å². The molecule has 1 aromatic rings. The first-order valence-electron chi connectivity index (χ1n) is 9.08. The summed E-state index contributed by atoms with van der Waals surface area (Å²) in [5.41, 5.74) is 2.77. The van der Waals surface area contributed by atoms with Crippen molar-refractivity contribution in [1.82, 2.24) is 9.88 Å². The number of hydrogen-bond acceptors (Lipinski definition) is 4. The summed E-state index contributed by atoms with van der Waals surface area (Å²) in [6, 6.07) is 3.84. The van der Waals surface area contributed by atoms with E-state index in [1.807, 2.05) is 39.8 Å². The van der Waals surface area contributed by atoms with Gasteiger partial charge in [0.1, 0.15) is 11.6 Å². The summed E-state index contributed by atoms with van der Waals surface area (Å²) in [6.45, 7) is 10.5. The highest BCUT2D eigenvalue weighted by molar-refractivity contribution is 5.99. The standard InChI is InChI=1S/C20H29N3O3/c1-6-8-14(3)22-19(24)13-26-20(25)18(12-21)11-17-10-15(4)23(9-7-2)16(17)5/h10-11,14H,6-9,13H2,1-5H3,(H,22,24)/b18-11+. The third-order valence-corrected chi connectivity index (χ3v) is 4.16. The zero-order chi connectivity index (χ0) is 19.7. The first kappa shape index (κ1) is 21.5. The lowest BCUT2D eigenvalue weighted by Gasteiger charge is -2.12. The monoisotopic (exact) mass is 359 g/mol. The van der Waals surface area contributed by atoms with Gasteiger partial charge in [-0.05, 0) is 51.3 Å². The van der Waals surface area contributed by atoms with Gasteiger partial charge in [0.05, 0.1) is 0 Å². The van der Waals surface area contributed by atoms with E-state index < -0.39 is 5.97 Å². The molecule has 0 aliphatic heterocycles. The fourth-order valence-corrected chi connectivity index (χ4v) is 2.86. The molecule has 26 heavy (non-hydrogen) atoms. The number of rotatable bonds is 9. The van der Waals surface area contributed by atoms with Gasteiger partial charge in [0.15, 0.2) is 6.61 Å². The second kappa shape index (κ2) is 10.4. The van der Waals surface area contributed by atoms with Gasteiger partial charge in [-0.1, -0.05) is 20.3 Å². The first-order valence-corrected chi connectivity index (χ1v) is 9.08. The van der Waals surface area contributed by atoms with Crippen molar-refractivity contribution in [2.75, 3.05) is 6.61 Å². The van der Waals surface area contributed by atoms with Gasteiger partial charge in [-0.25, -0.2) is 4.79 Å². The summed E-state index contributed by atoms with van der Waals surface area (Å²) >= 11 is 0. The lowest BCUT2D eigenvalue weighted by atomic mass is 10.1. The highest BCUT2D eigenvalue weighted by Gasteiger charge is 2.16. The average Bonchev–Trinajstić information content (AvgIpc) is 2.85. The van der Waals surface area contributed by atoms with Crippen LogP contribution < -0.4 is 5.32 Å². The van der Waals surface area contributed by atoms with E-state index in [1.165, 1.54) is 6.08 Å². The minimum absolute atomic E-state index is 0.0288. The summed E-state index contributed by atoms with van der Waals surface area (Å²) in [7, 11) is 0. The number of hydrogen-bond donors (Lipinski definition) is 1. The van der Waals surface area contributed by atoms with Crippen LogP contribution in [0.1, 0.15) is 57.0 Å². The molecule has 0 saturated heterocycles. The van der Waals surface area contributed by atoms with E-state index in [2.05, 4.69) is 16.8 Å². The SMILES string of the molecule is CCCC(C)NC(=O)COC(=O)/C(C#N)=C/c1cc(C)n(CCC)c1C. The maximum atomic E-state index is 12.1. The lowest BCUT2D eigenvalue weighted by molar-refractivity contribution is -0.144. The number of aromatic nitrogens is 1. The van der Waals surface area contributed by atoms with Crippen molar-refractivity contribution in [3.63, 3.8) is 0 Å². The summed E-state index contributed by atoms with van der Waals surface area (Å²) < 4.78 is 7.13. The van der Waals surface area contributed by atoms with Gasteiger partial charge in [-0.2, -0.15) is 5.26 Å². The maximum Gasteiger partial charge on any atom is 0.349 e. The number of esters is 1. The molecule has 1 aromatic heterocycles. The minimum atomic E-state index is -0.786. The van der Waals surface area contributed by atoms with Crippen LogP contribution in [0.4, 0.5) is 0 Å². The number of ether oxygens (including phenoxy) is 1. The third kappa shape index (κ3) is 6.07. The van der Waals surface area contributed by atoms with Gasteiger partial charge in [0, 0.05) is 24.0 Å². The predicted octanol–water partition coefficient (Wildman–Crippen LogP) is 3.27. The van der Waals surface area contributed by atoms with E-state index >= 15 is 0 Å². The van der Waals surface area contributed by atoms with Crippen LogP contribution in [0.25, 0.3) is 6.08 Å². The number of aryl methyl sites for hydroxylation is 1. The van der Waals surface area contributed by atoms with Crippen LogP contribution in [0.15, 0.2) is 11.6 Å². The zero-order valence-electron chi connectivity index (χ0n) is 16.4. The number of nitrogens with one attached hydrogen (secondary N) is 1. The molecule has 0 bridgehead atoms. The Bertz CT molecular complexity index is 711. The smallest absolute Gasteiger partial charge is 0.349 e. The number of nitrogens with zero attached hydrogens (tertiary/aromatic N) is 2. The number of amides is 1. The third-order valence-electron chi connectivity index (χ3n) is 4.16. The molecule has 1 N–H and O–H groups in total. The Hall–Kier alpha value is -2.55. The van der Waals surface area contributed by atoms with Crippen molar-refractivity contribution in [2.45, 2.75) is 66.5 Å². The Morgan fingerprint density at radius 1 is 1.35 bits per heavy atom. The van der Waals surface area contributed by atoms with Crippen molar-refractivity contribution in [3.8, 4) is 6.07 Å². The number of carbonyl (C=O) groups excluding carboxylic acids is 2. The van der Waals surface area contributed by atoms with E-state index in [9.17, 15) is 14.9 Å². The van der Waals surface area contributed by atoms with Crippen LogP contribution in [0.3, 0.4) is 0 Å². The van der Waals surface area contributed by atoms with Crippen molar-refractivity contribution >= 4 is 18.0 Å². The number of nitriles is 1. The van der Waals surface area contributed by atoms with E-state index in [1.54, 1.807) is 0 Å². The maximum absolute atomic E-state index is 12.1. The molecule has 142 valence electrons. The van der Waals surface area contributed by atoms with E-state index in [4.69, 9.17) is 4.74 Å². The molecular weight excluding hydrogens is 330 g/mol. The molecule has 0 aromatic carbocycles. The van der Waals surface area contributed by atoms with Gasteiger partial charge in [0.2, 0.25) is 0 Å². The first-order chi connectivity index (χ1) is 12.3. The molecule has 0 aliphatic rings. The van der Waals surface area contributed by atoms with Gasteiger partial charge in [-0.15, -0.1) is 0 Å². The molecular formula is C20H29N3O3. The quantitative estimate of drug-likeness (QED) is 0.417. The van der Waals surface area contributed by atoms with Crippen LogP contribution >= 0.6 is 0 Å². The molecule has 1 heterocycles. The summed E-state index contributed by atoms with van der Waals surface area (Å²) in [5, 5.41) is 12.0. The minimum Gasteiger partial charge on any atom is -0.451 e. The molecule has 6 heteroatoms. The molecule has 6 nitrogen and oxygen atoms in total. The molecule has 1 atom stereocenters. The molecule has 0 fully saturated rings. The summed E-state index contributed by atoms with van der Waals surface area (Å²) in [6.07, 6.45) is 4.34. The molecule has 0 radical (unpaired) electrons. The predicted molar refractivity (Wildman–Crippen MR) is 101 cm³/mol. The second-order valence-corrected chi connectivity index (χ2v) is 6.48. The van der Waals surface area contributed by atoms with Gasteiger partial charge in [0.25, 0.3) is 5.91 Å². The van der Waals surface area contributed by atoms with Gasteiger partial charge >= 0.3 is 5.97 Å². The molecule has 1 amide bonds. The van der Waals surface area contributed by atoms with Crippen LogP contribution in [-0.2, 0) is 20.9 Å². The van der Waals surface area contributed by atoms with E-state index in [-0.39, 0.29) is 24.1 Å². The normalized spacial score (nSPS) is 12.4. The van der Waals surface area contributed by atoms with Crippen LogP contribution in [0.5, 0.6) is 0 Å². The van der Waals surface area contributed by atoms with Gasteiger partial charge < -0.3 is 14.6 Å².